The predicted octanol–water partition coefficient (Wildman–Crippen LogP) is -1.03. The number of nitrogens with zero attached hydrogens (tertiary/aromatic N) is 1. The van der Waals surface area contributed by atoms with Crippen molar-refractivity contribution < 1.29 is 14.8 Å². The lowest BCUT2D eigenvalue weighted by Gasteiger charge is -2.21. The van der Waals surface area contributed by atoms with Gasteiger partial charge in [-0.1, -0.05) is 0 Å². The minimum absolute atomic E-state index is 0.0506. The third kappa shape index (κ3) is 3.25. The number of non-ortho nitro benzene ring substituents is 1. The molecule has 6 N–H and O–H groups in total. The number of aromatic nitrogens is 2. The SMILES string of the molecule is CC(N)(NCc1cc([N+](=O)[O-])cc2[nH]c(=O)c(=O)[nH]c12)C(=O)O. The molecule has 0 spiro atoms. The van der Waals surface area contributed by atoms with E-state index >= 15 is 0 Å². The predicted molar refractivity (Wildman–Crippen MR) is 78.9 cm³/mol. The van der Waals surface area contributed by atoms with E-state index in [0.717, 1.165) is 12.1 Å². The minimum Gasteiger partial charge on any atom is -0.479 e. The molecule has 0 aliphatic heterocycles. The number of rotatable bonds is 5. The largest absolute Gasteiger partial charge is 0.479 e. The highest BCUT2D eigenvalue weighted by Crippen LogP contribution is 2.21. The lowest BCUT2D eigenvalue weighted by atomic mass is 10.1. The highest BCUT2D eigenvalue weighted by Gasteiger charge is 2.27. The number of benzene rings is 1. The molecule has 0 saturated carbocycles. The molecule has 1 aromatic carbocycles. The number of nitro benzene ring substituents is 1. The van der Waals surface area contributed by atoms with Crippen LogP contribution in [-0.4, -0.2) is 31.6 Å². The van der Waals surface area contributed by atoms with Gasteiger partial charge in [0.05, 0.1) is 16.0 Å². The quantitative estimate of drug-likeness (QED) is 0.200. The smallest absolute Gasteiger partial charge is 0.338 e. The van der Waals surface area contributed by atoms with Gasteiger partial charge >= 0.3 is 17.1 Å². The average Bonchev–Trinajstić information content (AvgIpc) is 2.45. The van der Waals surface area contributed by atoms with E-state index in [9.17, 15) is 24.5 Å². The fraction of sp³-hybridized carbons (Fsp3) is 0.250. The standard InChI is InChI=1S/C12H13N5O6/c1-12(13,11(20)21)14-4-5-2-6(17(22)23)3-7-8(5)16-10(19)9(18)15-7/h2-3,14H,4,13H2,1H3,(H,15,18)(H,16,19)(H,20,21). The van der Waals surface area contributed by atoms with Crippen molar-refractivity contribution in [2.75, 3.05) is 0 Å². The fourth-order valence-corrected chi connectivity index (χ4v) is 1.88. The van der Waals surface area contributed by atoms with Crippen LogP contribution in [0.3, 0.4) is 0 Å². The van der Waals surface area contributed by atoms with Crippen LogP contribution in [-0.2, 0) is 11.3 Å². The third-order valence-corrected chi connectivity index (χ3v) is 3.20. The molecule has 0 saturated heterocycles. The molecule has 2 aromatic rings. The summed E-state index contributed by atoms with van der Waals surface area (Å²) in [5.41, 5.74) is 1.95. The number of hydrogen-bond acceptors (Lipinski definition) is 7. The highest BCUT2D eigenvalue weighted by atomic mass is 16.6. The Kier molecular flexibility index (Phi) is 3.99. The maximum Gasteiger partial charge on any atom is 0.338 e. The Morgan fingerprint density at radius 3 is 2.57 bits per heavy atom. The first-order chi connectivity index (χ1) is 10.6. The number of carboxylic acids is 1. The Balaban J connectivity index is 2.58. The average molecular weight is 323 g/mol. The summed E-state index contributed by atoms with van der Waals surface area (Å²) in [5.74, 6) is -1.32. The van der Waals surface area contributed by atoms with Crippen molar-refractivity contribution >= 4 is 22.7 Å². The van der Waals surface area contributed by atoms with E-state index in [0.29, 0.717) is 0 Å². The molecule has 1 heterocycles. The molecule has 1 unspecified atom stereocenters. The minimum atomic E-state index is -1.78. The summed E-state index contributed by atoms with van der Waals surface area (Å²) in [6, 6.07) is 2.25. The summed E-state index contributed by atoms with van der Waals surface area (Å²) in [6.45, 7) is 1.03. The lowest BCUT2D eigenvalue weighted by Crippen LogP contribution is -2.56. The van der Waals surface area contributed by atoms with Gasteiger partial charge in [0, 0.05) is 18.7 Å². The summed E-state index contributed by atoms with van der Waals surface area (Å²) in [5, 5.41) is 22.4. The number of carbonyl (C=O) groups is 1. The molecule has 0 fully saturated rings. The van der Waals surface area contributed by atoms with Crippen molar-refractivity contribution in [1.29, 1.82) is 0 Å². The highest BCUT2D eigenvalue weighted by molar-refractivity contribution is 5.81. The molecule has 0 radical (unpaired) electrons. The number of nitrogens with one attached hydrogen (secondary N) is 3. The lowest BCUT2D eigenvalue weighted by molar-refractivity contribution is -0.384. The van der Waals surface area contributed by atoms with Crippen molar-refractivity contribution in [3.63, 3.8) is 0 Å². The number of H-pyrrole nitrogens is 2. The molecule has 1 aromatic heterocycles. The molecule has 23 heavy (non-hydrogen) atoms. The number of aromatic amines is 2. The van der Waals surface area contributed by atoms with Crippen LogP contribution in [0.2, 0.25) is 0 Å². The number of nitrogens with two attached hydrogens (primary N) is 1. The van der Waals surface area contributed by atoms with Gasteiger partial charge in [-0.25, -0.2) is 4.79 Å². The van der Waals surface area contributed by atoms with E-state index < -0.39 is 27.7 Å². The third-order valence-electron chi connectivity index (χ3n) is 3.20. The van der Waals surface area contributed by atoms with Gasteiger partial charge in [0.1, 0.15) is 0 Å². The zero-order valence-corrected chi connectivity index (χ0v) is 11.9. The summed E-state index contributed by atoms with van der Waals surface area (Å²) in [6.07, 6.45) is 0. The Morgan fingerprint density at radius 1 is 1.39 bits per heavy atom. The second-order valence-electron chi connectivity index (χ2n) is 5.05. The van der Waals surface area contributed by atoms with E-state index in [1.807, 2.05) is 0 Å². The number of hydrogen-bond donors (Lipinski definition) is 5. The van der Waals surface area contributed by atoms with Gasteiger partial charge in [-0.3, -0.25) is 25.0 Å². The van der Waals surface area contributed by atoms with Crippen LogP contribution in [0.5, 0.6) is 0 Å². The monoisotopic (exact) mass is 323 g/mol. The van der Waals surface area contributed by atoms with E-state index in [1.54, 1.807) is 0 Å². The zero-order valence-electron chi connectivity index (χ0n) is 11.9. The maximum absolute atomic E-state index is 11.4. The van der Waals surface area contributed by atoms with Crippen molar-refractivity contribution in [3.8, 4) is 0 Å². The van der Waals surface area contributed by atoms with Crippen LogP contribution in [0, 0.1) is 10.1 Å². The van der Waals surface area contributed by atoms with Gasteiger partial charge in [-0.15, -0.1) is 0 Å². The normalized spacial score (nSPS) is 13.7. The van der Waals surface area contributed by atoms with Crippen LogP contribution in [0.25, 0.3) is 11.0 Å². The van der Waals surface area contributed by atoms with Gasteiger partial charge < -0.3 is 20.8 Å². The first kappa shape index (κ1) is 16.3. The van der Waals surface area contributed by atoms with Gasteiger partial charge in [0.15, 0.2) is 5.66 Å². The summed E-state index contributed by atoms with van der Waals surface area (Å²) in [4.78, 5) is 48.6. The van der Waals surface area contributed by atoms with Gasteiger partial charge in [-0.2, -0.15) is 0 Å². The van der Waals surface area contributed by atoms with Crippen LogP contribution >= 0.6 is 0 Å². The van der Waals surface area contributed by atoms with Crippen LogP contribution in [0.15, 0.2) is 21.7 Å². The van der Waals surface area contributed by atoms with Crippen LogP contribution in [0.4, 0.5) is 5.69 Å². The van der Waals surface area contributed by atoms with Crippen molar-refractivity contribution in [2.45, 2.75) is 19.1 Å². The number of nitro groups is 1. The summed E-state index contributed by atoms with van der Waals surface area (Å²) < 4.78 is 0. The number of carboxylic acid groups (broad SMARTS) is 1. The van der Waals surface area contributed by atoms with E-state index in [2.05, 4.69) is 15.3 Å². The molecule has 0 aliphatic carbocycles. The van der Waals surface area contributed by atoms with Crippen molar-refractivity contribution in [1.82, 2.24) is 15.3 Å². The second kappa shape index (κ2) is 5.62. The van der Waals surface area contributed by atoms with E-state index in [-0.39, 0.29) is 28.8 Å². The van der Waals surface area contributed by atoms with Gasteiger partial charge in [0.2, 0.25) is 0 Å². The van der Waals surface area contributed by atoms with Crippen molar-refractivity contribution in [3.05, 3.63) is 48.5 Å². The van der Waals surface area contributed by atoms with E-state index in [4.69, 9.17) is 10.8 Å². The number of aliphatic carboxylic acids is 1. The molecule has 122 valence electrons. The Hall–Kier alpha value is -3.05. The van der Waals surface area contributed by atoms with Gasteiger partial charge in [-0.05, 0) is 12.5 Å². The van der Waals surface area contributed by atoms with Crippen LogP contribution in [0.1, 0.15) is 12.5 Å². The second-order valence-corrected chi connectivity index (χ2v) is 5.05. The Bertz CT molecular complexity index is 912. The summed E-state index contributed by atoms with van der Waals surface area (Å²) >= 11 is 0. The molecule has 11 heteroatoms. The first-order valence-corrected chi connectivity index (χ1v) is 6.33. The van der Waals surface area contributed by atoms with Gasteiger partial charge in [0.25, 0.3) is 5.69 Å². The molecule has 2 rings (SSSR count). The maximum atomic E-state index is 11.4. The molecular formula is C12H13N5O6. The van der Waals surface area contributed by atoms with E-state index in [1.165, 1.54) is 6.92 Å². The Labute approximate surface area is 127 Å². The summed E-state index contributed by atoms with van der Waals surface area (Å²) in [7, 11) is 0. The molecule has 1 atom stereocenters. The fourth-order valence-electron chi connectivity index (χ4n) is 1.88. The topological polar surface area (TPSA) is 184 Å². The molecule has 11 nitrogen and oxygen atoms in total. The van der Waals surface area contributed by atoms with Crippen molar-refractivity contribution in [2.24, 2.45) is 5.73 Å². The molecular weight excluding hydrogens is 310 g/mol. The molecule has 0 bridgehead atoms. The zero-order chi connectivity index (χ0) is 17.4. The molecule has 0 aliphatic rings. The van der Waals surface area contributed by atoms with Crippen LogP contribution < -0.4 is 22.2 Å². The molecule has 0 amide bonds. The Morgan fingerprint density at radius 2 is 2.00 bits per heavy atom. The number of fused-ring (bicyclic) bond motifs is 1. The first-order valence-electron chi connectivity index (χ1n) is 6.33.